The SMILES string of the molecule is Cc1ccc(N(C(=O)C2CC2)C2=CCC3=COCC3=C2)nc1-c1c[nH]c(=O)c(C)c1. The Labute approximate surface area is 174 Å². The number of hydrogen-bond acceptors (Lipinski definition) is 4. The van der Waals surface area contributed by atoms with Crippen LogP contribution in [0.25, 0.3) is 11.3 Å². The minimum atomic E-state index is -0.111. The summed E-state index contributed by atoms with van der Waals surface area (Å²) in [5.74, 6) is 0.748. The lowest BCUT2D eigenvalue weighted by molar-refractivity contribution is -0.119. The van der Waals surface area contributed by atoms with Crippen molar-refractivity contribution in [3.8, 4) is 11.3 Å². The molecule has 1 saturated carbocycles. The summed E-state index contributed by atoms with van der Waals surface area (Å²) in [7, 11) is 0. The molecular weight excluding hydrogens is 378 g/mol. The number of H-pyrrole nitrogens is 1. The first-order valence-electron chi connectivity index (χ1n) is 10.2. The summed E-state index contributed by atoms with van der Waals surface area (Å²) in [5, 5.41) is 0. The molecule has 5 rings (SSSR count). The van der Waals surface area contributed by atoms with Gasteiger partial charge in [0.25, 0.3) is 5.56 Å². The zero-order valence-electron chi connectivity index (χ0n) is 17.1. The van der Waals surface area contributed by atoms with Gasteiger partial charge in [0, 0.05) is 28.9 Å². The number of amides is 1. The van der Waals surface area contributed by atoms with E-state index in [1.807, 2.05) is 31.2 Å². The van der Waals surface area contributed by atoms with E-state index < -0.39 is 0 Å². The fourth-order valence-corrected chi connectivity index (χ4v) is 3.88. The summed E-state index contributed by atoms with van der Waals surface area (Å²) in [6, 6.07) is 5.71. The number of aryl methyl sites for hydroxylation is 2. The van der Waals surface area contributed by atoms with Gasteiger partial charge >= 0.3 is 0 Å². The number of nitrogens with zero attached hydrogens (tertiary/aromatic N) is 2. The molecule has 6 heteroatoms. The number of rotatable bonds is 4. The normalized spacial score (nSPS) is 17.5. The van der Waals surface area contributed by atoms with E-state index in [0.717, 1.165) is 47.4 Å². The van der Waals surface area contributed by atoms with Crippen molar-refractivity contribution >= 4 is 11.7 Å². The Kier molecular flexibility index (Phi) is 4.42. The highest BCUT2D eigenvalue weighted by atomic mass is 16.5. The summed E-state index contributed by atoms with van der Waals surface area (Å²) in [5.41, 5.74) is 6.22. The van der Waals surface area contributed by atoms with Gasteiger partial charge in [-0.05, 0) is 68.0 Å². The van der Waals surface area contributed by atoms with E-state index >= 15 is 0 Å². The number of fused-ring (bicyclic) bond motifs is 1. The lowest BCUT2D eigenvalue weighted by atomic mass is 9.98. The average molecular weight is 401 g/mol. The molecule has 2 aromatic rings. The quantitative estimate of drug-likeness (QED) is 0.842. The van der Waals surface area contributed by atoms with E-state index in [1.165, 1.54) is 5.57 Å². The predicted octanol–water partition coefficient (Wildman–Crippen LogP) is 3.92. The van der Waals surface area contributed by atoms with Crippen LogP contribution in [0.5, 0.6) is 0 Å². The fraction of sp³-hybridized carbons (Fsp3) is 0.292. The van der Waals surface area contributed by atoms with E-state index in [4.69, 9.17) is 9.72 Å². The molecular formula is C24H23N3O3. The van der Waals surface area contributed by atoms with Gasteiger partial charge in [-0.15, -0.1) is 0 Å². The van der Waals surface area contributed by atoms with Crippen molar-refractivity contribution < 1.29 is 9.53 Å². The van der Waals surface area contributed by atoms with Crippen molar-refractivity contribution in [2.75, 3.05) is 11.5 Å². The van der Waals surface area contributed by atoms with Gasteiger partial charge in [-0.1, -0.05) is 12.1 Å². The van der Waals surface area contributed by atoms with Crippen LogP contribution < -0.4 is 10.5 Å². The first-order valence-corrected chi connectivity index (χ1v) is 10.2. The highest BCUT2D eigenvalue weighted by Crippen LogP contribution is 2.37. The molecule has 152 valence electrons. The maximum absolute atomic E-state index is 13.3. The number of anilines is 1. The maximum Gasteiger partial charge on any atom is 0.250 e. The largest absolute Gasteiger partial charge is 0.496 e. The Morgan fingerprint density at radius 2 is 2.03 bits per heavy atom. The number of carbonyl (C=O) groups excluding carboxylic acids is 1. The molecule has 2 aliphatic carbocycles. The zero-order valence-corrected chi connectivity index (χ0v) is 17.1. The van der Waals surface area contributed by atoms with Crippen LogP contribution in [0.2, 0.25) is 0 Å². The number of aromatic amines is 1. The molecule has 1 aliphatic heterocycles. The smallest absolute Gasteiger partial charge is 0.250 e. The van der Waals surface area contributed by atoms with Crippen molar-refractivity contribution in [3.05, 3.63) is 81.1 Å². The summed E-state index contributed by atoms with van der Waals surface area (Å²) in [4.78, 5) is 34.4. The van der Waals surface area contributed by atoms with Crippen LogP contribution >= 0.6 is 0 Å². The number of ether oxygens (including phenoxy) is 1. The third-order valence-corrected chi connectivity index (χ3v) is 5.81. The summed E-state index contributed by atoms with van der Waals surface area (Å²) >= 11 is 0. The highest BCUT2D eigenvalue weighted by Gasteiger charge is 2.36. The minimum absolute atomic E-state index is 0.0583. The Morgan fingerprint density at radius 1 is 1.20 bits per heavy atom. The van der Waals surface area contributed by atoms with Crippen LogP contribution in [0, 0.1) is 19.8 Å². The zero-order chi connectivity index (χ0) is 20.8. The number of nitrogens with one attached hydrogen (secondary N) is 1. The third kappa shape index (κ3) is 3.28. The minimum Gasteiger partial charge on any atom is -0.496 e. The van der Waals surface area contributed by atoms with Gasteiger partial charge in [0.1, 0.15) is 12.4 Å². The van der Waals surface area contributed by atoms with Crippen LogP contribution in [0.1, 0.15) is 30.4 Å². The first kappa shape index (κ1) is 18.6. The second-order valence-corrected chi connectivity index (χ2v) is 8.14. The molecule has 0 unspecified atom stereocenters. The Hall–Kier alpha value is -3.41. The van der Waals surface area contributed by atoms with Crippen molar-refractivity contribution in [1.29, 1.82) is 0 Å². The molecule has 0 aromatic carbocycles. The molecule has 2 aromatic heterocycles. The van der Waals surface area contributed by atoms with Gasteiger partial charge in [0.05, 0.1) is 12.0 Å². The number of hydrogen-bond donors (Lipinski definition) is 1. The molecule has 1 N–H and O–H groups in total. The van der Waals surface area contributed by atoms with Gasteiger partial charge in [-0.25, -0.2) is 4.98 Å². The lowest BCUT2D eigenvalue weighted by Crippen LogP contribution is -2.32. The van der Waals surface area contributed by atoms with Gasteiger partial charge in [0.2, 0.25) is 5.91 Å². The topological polar surface area (TPSA) is 75.3 Å². The lowest BCUT2D eigenvalue weighted by Gasteiger charge is -2.26. The van der Waals surface area contributed by atoms with Crippen molar-refractivity contribution in [2.24, 2.45) is 5.92 Å². The second-order valence-electron chi connectivity index (χ2n) is 8.14. The van der Waals surface area contributed by atoms with Crippen molar-refractivity contribution in [2.45, 2.75) is 33.1 Å². The summed E-state index contributed by atoms with van der Waals surface area (Å²) < 4.78 is 5.45. The second kappa shape index (κ2) is 7.13. The maximum atomic E-state index is 13.3. The van der Waals surface area contributed by atoms with Crippen LogP contribution in [0.4, 0.5) is 5.82 Å². The Morgan fingerprint density at radius 3 is 2.80 bits per heavy atom. The molecule has 1 amide bonds. The molecule has 0 spiro atoms. The number of allylic oxidation sites excluding steroid dienone is 2. The predicted molar refractivity (Wildman–Crippen MR) is 115 cm³/mol. The molecule has 0 radical (unpaired) electrons. The van der Waals surface area contributed by atoms with Gasteiger partial charge < -0.3 is 9.72 Å². The average Bonchev–Trinajstić information content (AvgIpc) is 3.49. The van der Waals surface area contributed by atoms with E-state index in [9.17, 15) is 9.59 Å². The molecule has 30 heavy (non-hydrogen) atoms. The van der Waals surface area contributed by atoms with E-state index in [2.05, 4.69) is 11.1 Å². The molecule has 0 saturated heterocycles. The number of pyridine rings is 2. The fourth-order valence-electron chi connectivity index (χ4n) is 3.88. The number of carbonyl (C=O) groups is 1. The molecule has 0 bridgehead atoms. The molecule has 6 nitrogen and oxygen atoms in total. The summed E-state index contributed by atoms with van der Waals surface area (Å²) in [6.45, 7) is 4.30. The van der Waals surface area contributed by atoms with Crippen LogP contribution in [-0.2, 0) is 9.53 Å². The van der Waals surface area contributed by atoms with E-state index in [-0.39, 0.29) is 17.4 Å². The standard InChI is InChI=1S/C24H23N3O3/c1-14-3-8-21(26-22(14)18-9-15(2)23(28)25-11-18)27(24(29)16-4-5-16)20-7-6-17-12-30-13-19(17)10-20/h3,7-12,16H,4-6,13H2,1-2H3,(H,25,28). The van der Waals surface area contributed by atoms with Gasteiger partial charge in [-0.3, -0.25) is 14.5 Å². The Balaban J connectivity index is 1.59. The van der Waals surface area contributed by atoms with Crippen LogP contribution in [0.3, 0.4) is 0 Å². The molecule has 0 atom stereocenters. The number of aromatic nitrogens is 2. The van der Waals surface area contributed by atoms with Gasteiger partial charge in [0.15, 0.2) is 0 Å². The van der Waals surface area contributed by atoms with E-state index in [1.54, 1.807) is 24.3 Å². The van der Waals surface area contributed by atoms with Crippen molar-refractivity contribution in [1.82, 2.24) is 9.97 Å². The summed E-state index contributed by atoms with van der Waals surface area (Å²) in [6.07, 6.45) is 10.2. The first-order chi connectivity index (χ1) is 14.5. The molecule has 1 fully saturated rings. The van der Waals surface area contributed by atoms with E-state index in [0.29, 0.717) is 18.0 Å². The molecule has 3 heterocycles. The van der Waals surface area contributed by atoms with Crippen LogP contribution in [0.15, 0.2) is 64.4 Å². The molecule has 3 aliphatic rings. The van der Waals surface area contributed by atoms with Gasteiger partial charge in [-0.2, -0.15) is 0 Å². The van der Waals surface area contributed by atoms with Crippen LogP contribution in [-0.4, -0.2) is 22.5 Å². The monoisotopic (exact) mass is 401 g/mol. The highest BCUT2D eigenvalue weighted by molar-refractivity contribution is 5.99. The van der Waals surface area contributed by atoms with Crippen molar-refractivity contribution in [3.63, 3.8) is 0 Å². The third-order valence-electron chi connectivity index (χ3n) is 5.81. The Bertz CT molecular complexity index is 1200.